The number of allylic oxidation sites excluding steroid dienone is 4. The molecule has 0 aromatic carbocycles. The van der Waals surface area contributed by atoms with Gasteiger partial charge in [-0.2, -0.15) is 8.42 Å². The number of ether oxygens (including phenoxy) is 4. The monoisotopic (exact) mass is 961 g/mol. The Hall–Kier alpha value is -1.42. The highest BCUT2D eigenvalue weighted by molar-refractivity contribution is 7.80. The van der Waals surface area contributed by atoms with Crippen molar-refractivity contribution in [3.05, 3.63) is 24.3 Å². The molecule has 0 saturated carbocycles. The Kier molecular flexibility index (Phi) is 42.5. The molecule has 390 valence electrons. The van der Waals surface area contributed by atoms with Crippen molar-refractivity contribution in [1.29, 1.82) is 0 Å². The Morgan fingerprint density at radius 3 is 1.45 bits per heavy atom. The lowest BCUT2D eigenvalue weighted by Crippen LogP contribution is -2.60. The number of carbonyl (C=O) groups is 1. The van der Waals surface area contributed by atoms with Crippen molar-refractivity contribution in [2.45, 2.75) is 282 Å². The minimum Gasteiger partial charge on any atom is -0.457 e. The second-order valence-electron chi connectivity index (χ2n) is 18.8. The lowest BCUT2D eigenvalue weighted by molar-refractivity contribution is -0.301. The average Bonchev–Trinajstić information content (AvgIpc) is 3.29. The molecular weight excluding hydrogens is 861 g/mol. The van der Waals surface area contributed by atoms with Crippen LogP contribution in [0.2, 0.25) is 0 Å². The standard InChI is InChI=1S/C53H100O12S/c1-3-5-7-9-11-13-15-17-19-21-22-23-24-25-26-28-30-32-34-36-38-40-42-49(55)63-47(46-62-53-51(57)52(65-66(58,59)60)50(56)48(44-54)64-53)45-61-43-41-39-37-35-33-31-29-27-20-18-16-14-12-10-8-6-4-2/h14,16,20,27,47-48,50-54,56-57H,3-13,15,17-19,21-26,28-46H2,1-2H3,(H,58,59,60)/b16-14-,27-20-. The molecule has 0 bridgehead atoms. The molecule has 1 aliphatic rings. The van der Waals surface area contributed by atoms with Gasteiger partial charge in [0.15, 0.2) is 6.29 Å². The van der Waals surface area contributed by atoms with Crippen LogP contribution in [0.1, 0.15) is 245 Å². The summed E-state index contributed by atoms with van der Waals surface area (Å²) in [5, 5.41) is 30.8. The highest BCUT2D eigenvalue weighted by Crippen LogP contribution is 2.26. The summed E-state index contributed by atoms with van der Waals surface area (Å²) in [5.74, 6) is -0.397. The van der Waals surface area contributed by atoms with E-state index in [1.165, 1.54) is 161 Å². The summed E-state index contributed by atoms with van der Waals surface area (Å²) in [4.78, 5) is 12.9. The summed E-state index contributed by atoms with van der Waals surface area (Å²) in [5.41, 5.74) is 0. The van der Waals surface area contributed by atoms with E-state index in [1.54, 1.807) is 0 Å². The van der Waals surface area contributed by atoms with Gasteiger partial charge in [0.2, 0.25) is 0 Å². The first-order valence-electron chi connectivity index (χ1n) is 27.1. The van der Waals surface area contributed by atoms with Crippen LogP contribution in [0.15, 0.2) is 24.3 Å². The van der Waals surface area contributed by atoms with Crippen molar-refractivity contribution in [2.75, 3.05) is 26.4 Å². The molecule has 1 saturated heterocycles. The minimum absolute atomic E-state index is 0.0330. The van der Waals surface area contributed by atoms with Gasteiger partial charge in [0.1, 0.15) is 30.5 Å². The summed E-state index contributed by atoms with van der Waals surface area (Å²) >= 11 is 0. The van der Waals surface area contributed by atoms with Gasteiger partial charge in [-0.15, -0.1) is 0 Å². The number of rotatable bonds is 48. The zero-order valence-electron chi connectivity index (χ0n) is 42.0. The van der Waals surface area contributed by atoms with E-state index < -0.39 is 59.8 Å². The fraction of sp³-hybridized carbons (Fsp3) is 0.906. The van der Waals surface area contributed by atoms with Crippen LogP contribution in [0, 0.1) is 0 Å². The molecular formula is C53H100O12S. The van der Waals surface area contributed by atoms with Gasteiger partial charge in [0.25, 0.3) is 0 Å². The van der Waals surface area contributed by atoms with Gasteiger partial charge in [0.05, 0.1) is 19.8 Å². The van der Waals surface area contributed by atoms with Gasteiger partial charge in [-0.05, 0) is 44.9 Å². The van der Waals surface area contributed by atoms with Gasteiger partial charge in [-0.1, -0.05) is 218 Å². The van der Waals surface area contributed by atoms with Crippen molar-refractivity contribution in [1.82, 2.24) is 0 Å². The SMILES string of the molecule is CCCCCC/C=C\C/C=C\CCCCCCCCOCC(COC1OC(CO)C(O)C(OS(=O)(=O)O)C1O)OC(=O)CCCCCCCCCCCCCCCCCCCCCCCC. The molecule has 66 heavy (non-hydrogen) atoms. The number of hydrogen-bond acceptors (Lipinski definition) is 11. The van der Waals surface area contributed by atoms with Gasteiger partial charge >= 0.3 is 16.4 Å². The van der Waals surface area contributed by atoms with Crippen molar-refractivity contribution in [3.8, 4) is 0 Å². The van der Waals surface area contributed by atoms with Crippen LogP contribution in [-0.4, -0.2) is 97.5 Å². The zero-order valence-corrected chi connectivity index (χ0v) is 42.8. The van der Waals surface area contributed by atoms with Crippen molar-refractivity contribution in [3.63, 3.8) is 0 Å². The van der Waals surface area contributed by atoms with E-state index in [-0.39, 0.29) is 19.6 Å². The molecule has 12 nitrogen and oxygen atoms in total. The average molecular weight is 961 g/mol. The molecule has 1 fully saturated rings. The van der Waals surface area contributed by atoms with Gasteiger partial charge in [0, 0.05) is 13.0 Å². The predicted molar refractivity (Wildman–Crippen MR) is 267 cm³/mol. The molecule has 6 unspecified atom stereocenters. The molecule has 1 heterocycles. The molecule has 6 atom stereocenters. The molecule has 4 N–H and O–H groups in total. The number of unbranched alkanes of at least 4 members (excludes halogenated alkanes) is 31. The number of aliphatic hydroxyl groups is 3. The van der Waals surface area contributed by atoms with E-state index in [2.05, 4.69) is 42.3 Å². The van der Waals surface area contributed by atoms with Crippen LogP contribution in [-0.2, 0) is 38.3 Å². The van der Waals surface area contributed by atoms with Crippen molar-refractivity contribution in [2.24, 2.45) is 0 Å². The van der Waals surface area contributed by atoms with E-state index in [4.69, 9.17) is 18.9 Å². The Balaban J connectivity index is 2.32. The van der Waals surface area contributed by atoms with Crippen molar-refractivity contribution >= 4 is 16.4 Å². The summed E-state index contributed by atoms with van der Waals surface area (Å²) < 4.78 is 59.3. The van der Waals surface area contributed by atoms with Gasteiger partial charge < -0.3 is 34.3 Å². The number of aliphatic hydroxyl groups excluding tert-OH is 3. The largest absolute Gasteiger partial charge is 0.457 e. The van der Waals surface area contributed by atoms with E-state index in [1.807, 2.05) is 0 Å². The van der Waals surface area contributed by atoms with Gasteiger partial charge in [-0.3, -0.25) is 9.35 Å². The second kappa shape index (κ2) is 44.8. The molecule has 0 amide bonds. The second-order valence-corrected chi connectivity index (χ2v) is 19.9. The molecule has 0 aliphatic carbocycles. The third-order valence-corrected chi connectivity index (χ3v) is 13.0. The third kappa shape index (κ3) is 37.5. The first-order chi connectivity index (χ1) is 32.1. The maximum atomic E-state index is 12.9. The maximum Gasteiger partial charge on any atom is 0.397 e. The highest BCUT2D eigenvalue weighted by atomic mass is 32.3. The summed E-state index contributed by atoms with van der Waals surface area (Å²) in [6.45, 7) is 4.00. The highest BCUT2D eigenvalue weighted by Gasteiger charge is 2.48. The number of hydrogen-bond donors (Lipinski definition) is 4. The van der Waals surface area contributed by atoms with Crippen LogP contribution in [0.25, 0.3) is 0 Å². The molecule has 0 aromatic heterocycles. The van der Waals surface area contributed by atoms with E-state index in [0.29, 0.717) is 13.0 Å². The molecule has 0 spiro atoms. The summed E-state index contributed by atoms with van der Waals surface area (Å²) in [6, 6.07) is 0. The quantitative estimate of drug-likeness (QED) is 0.0197. The lowest BCUT2D eigenvalue weighted by Gasteiger charge is -2.41. The number of esters is 1. The van der Waals surface area contributed by atoms with E-state index >= 15 is 0 Å². The zero-order chi connectivity index (χ0) is 48.2. The fourth-order valence-corrected chi connectivity index (χ4v) is 8.98. The normalized spacial score (nSPS) is 19.6. The molecule has 0 radical (unpaired) electrons. The van der Waals surface area contributed by atoms with Crippen LogP contribution in [0.5, 0.6) is 0 Å². The molecule has 1 aliphatic heterocycles. The topological polar surface area (TPSA) is 178 Å². The first-order valence-corrected chi connectivity index (χ1v) is 28.5. The molecule has 13 heteroatoms. The Labute approximate surface area is 403 Å². The molecule has 1 rings (SSSR count). The molecule has 0 aromatic rings. The van der Waals surface area contributed by atoms with Crippen LogP contribution < -0.4 is 0 Å². The first kappa shape index (κ1) is 62.6. The Morgan fingerprint density at radius 1 is 0.576 bits per heavy atom. The van der Waals surface area contributed by atoms with Crippen molar-refractivity contribution < 1.29 is 56.2 Å². The van der Waals surface area contributed by atoms with E-state index in [0.717, 1.165) is 57.8 Å². The predicted octanol–water partition coefficient (Wildman–Crippen LogP) is 12.8. The maximum absolute atomic E-state index is 12.9. The van der Waals surface area contributed by atoms with Crippen LogP contribution in [0.3, 0.4) is 0 Å². The Bertz CT molecular complexity index is 1250. The Morgan fingerprint density at radius 2 is 1.00 bits per heavy atom. The third-order valence-electron chi connectivity index (χ3n) is 12.6. The van der Waals surface area contributed by atoms with E-state index in [9.17, 15) is 33.1 Å². The minimum atomic E-state index is -5.06. The number of carbonyl (C=O) groups excluding carboxylic acids is 1. The smallest absolute Gasteiger partial charge is 0.397 e. The lowest BCUT2D eigenvalue weighted by atomic mass is 9.99. The van der Waals surface area contributed by atoms with Gasteiger partial charge in [-0.25, -0.2) is 4.18 Å². The van der Waals surface area contributed by atoms with Crippen LogP contribution >= 0.6 is 0 Å². The van der Waals surface area contributed by atoms with Crippen LogP contribution in [0.4, 0.5) is 0 Å². The summed E-state index contributed by atoms with van der Waals surface area (Å²) in [7, 11) is -5.06. The summed E-state index contributed by atoms with van der Waals surface area (Å²) in [6.07, 6.45) is 43.5. The fourth-order valence-electron chi connectivity index (χ4n) is 8.47.